The summed E-state index contributed by atoms with van der Waals surface area (Å²) in [6, 6.07) is 4.88. The van der Waals surface area contributed by atoms with Crippen molar-refractivity contribution in [1.29, 1.82) is 0 Å². The van der Waals surface area contributed by atoms with E-state index in [0.717, 1.165) is 12.2 Å². The van der Waals surface area contributed by atoms with Crippen LogP contribution in [-0.2, 0) is 0 Å². The molecule has 0 bridgehead atoms. The molecular formula is C15H21N3. The molecule has 1 fully saturated rings. The number of imidazole rings is 1. The largest absolute Gasteiger partial charge is 0.307 e. The second kappa shape index (κ2) is 4.39. The first-order valence-corrected chi connectivity index (χ1v) is 6.83. The van der Waals surface area contributed by atoms with Crippen LogP contribution < -0.4 is 0 Å². The van der Waals surface area contributed by atoms with Crippen molar-refractivity contribution in [2.75, 3.05) is 13.1 Å². The molecule has 1 aliphatic rings. The molecule has 1 atom stereocenters. The number of hydrogen-bond donors (Lipinski definition) is 0. The lowest BCUT2D eigenvalue weighted by Gasteiger charge is -2.19. The highest BCUT2D eigenvalue weighted by Gasteiger charge is 2.27. The summed E-state index contributed by atoms with van der Waals surface area (Å²) in [5, 5.41) is 0. The van der Waals surface area contributed by atoms with Crippen molar-refractivity contribution in [2.45, 2.75) is 39.2 Å². The van der Waals surface area contributed by atoms with Crippen molar-refractivity contribution < 1.29 is 0 Å². The Labute approximate surface area is 108 Å². The van der Waals surface area contributed by atoms with Crippen LogP contribution in [0.25, 0.3) is 5.65 Å². The van der Waals surface area contributed by atoms with Gasteiger partial charge in [0.05, 0.1) is 5.69 Å². The first-order chi connectivity index (χ1) is 8.63. The molecule has 18 heavy (non-hydrogen) atoms. The summed E-state index contributed by atoms with van der Waals surface area (Å²) in [5.41, 5.74) is 3.60. The molecule has 3 heterocycles. The highest BCUT2D eigenvalue weighted by molar-refractivity contribution is 5.42. The smallest absolute Gasteiger partial charge is 0.136 e. The Balaban J connectivity index is 1.87. The lowest BCUT2D eigenvalue weighted by atomic mass is 10.1. The zero-order valence-electron chi connectivity index (χ0n) is 11.4. The summed E-state index contributed by atoms with van der Waals surface area (Å²) < 4.78 is 2.16. The van der Waals surface area contributed by atoms with Gasteiger partial charge in [0.25, 0.3) is 0 Å². The Morgan fingerprint density at radius 2 is 2.11 bits per heavy atom. The number of nitrogens with zero attached hydrogens (tertiary/aromatic N) is 3. The van der Waals surface area contributed by atoms with Gasteiger partial charge in [-0.05, 0) is 45.4 Å². The van der Waals surface area contributed by atoms with E-state index < -0.39 is 0 Å². The van der Waals surface area contributed by atoms with Crippen LogP contribution in [0.2, 0.25) is 0 Å². The first kappa shape index (κ1) is 11.7. The molecule has 0 amide bonds. The molecule has 3 rings (SSSR count). The highest BCUT2D eigenvalue weighted by atomic mass is 15.2. The molecule has 0 spiro atoms. The lowest BCUT2D eigenvalue weighted by molar-refractivity contribution is 0.272. The van der Waals surface area contributed by atoms with Gasteiger partial charge in [0.2, 0.25) is 0 Å². The number of fused-ring (bicyclic) bond motifs is 1. The number of rotatable bonds is 2. The van der Waals surface area contributed by atoms with E-state index in [1.54, 1.807) is 0 Å². The van der Waals surface area contributed by atoms with Crippen LogP contribution in [0.5, 0.6) is 0 Å². The summed E-state index contributed by atoms with van der Waals surface area (Å²) in [6.07, 6.45) is 5.60. The van der Waals surface area contributed by atoms with E-state index in [-0.39, 0.29) is 0 Å². The fourth-order valence-corrected chi connectivity index (χ4v) is 2.82. The van der Waals surface area contributed by atoms with Crippen LogP contribution in [0.15, 0.2) is 24.5 Å². The van der Waals surface area contributed by atoms with Crippen LogP contribution in [0.3, 0.4) is 0 Å². The molecule has 3 heteroatoms. The van der Waals surface area contributed by atoms with Crippen molar-refractivity contribution in [1.82, 2.24) is 14.3 Å². The van der Waals surface area contributed by atoms with Gasteiger partial charge in [0.15, 0.2) is 0 Å². The average Bonchev–Trinajstić information content (AvgIpc) is 2.93. The van der Waals surface area contributed by atoms with Crippen molar-refractivity contribution in [3.05, 3.63) is 35.8 Å². The van der Waals surface area contributed by atoms with Crippen molar-refractivity contribution >= 4 is 5.65 Å². The van der Waals surface area contributed by atoms with Crippen LogP contribution in [-0.4, -0.2) is 33.4 Å². The Bertz CT molecular complexity index is 556. The summed E-state index contributed by atoms with van der Waals surface area (Å²) in [5.74, 6) is 0.604. The van der Waals surface area contributed by atoms with Gasteiger partial charge < -0.3 is 9.30 Å². The third kappa shape index (κ3) is 2.03. The van der Waals surface area contributed by atoms with Gasteiger partial charge in [-0.2, -0.15) is 0 Å². The number of pyridine rings is 1. The third-order valence-electron chi connectivity index (χ3n) is 3.99. The predicted octanol–water partition coefficient (Wildman–Crippen LogP) is 2.84. The van der Waals surface area contributed by atoms with Crippen LogP contribution in [0, 0.1) is 6.92 Å². The molecule has 0 N–H and O–H groups in total. The van der Waals surface area contributed by atoms with Crippen molar-refractivity contribution in [2.24, 2.45) is 0 Å². The fourth-order valence-electron chi connectivity index (χ4n) is 2.82. The van der Waals surface area contributed by atoms with Gasteiger partial charge >= 0.3 is 0 Å². The monoisotopic (exact) mass is 243 g/mol. The molecule has 1 saturated heterocycles. The maximum Gasteiger partial charge on any atom is 0.136 e. The Kier molecular flexibility index (Phi) is 2.86. The molecule has 0 aromatic carbocycles. The molecule has 0 saturated carbocycles. The fraction of sp³-hybridized carbons (Fsp3) is 0.533. The standard InChI is InChI=1S/C15H21N3/c1-11(2)17-7-6-13(9-17)14-10-18-8-12(3)4-5-15(18)16-14/h4-5,8,10-11,13H,6-7,9H2,1-3H3. The molecule has 2 aromatic rings. The minimum Gasteiger partial charge on any atom is -0.307 e. The maximum atomic E-state index is 4.77. The molecule has 2 aromatic heterocycles. The third-order valence-corrected chi connectivity index (χ3v) is 3.99. The molecule has 96 valence electrons. The summed E-state index contributed by atoms with van der Waals surface area (Å²) in [7, 11) is 0. The van der Waals surface area contributed by atoms with E-state index >= 15 is 0 Å². The molecule has 0 radical (unpaired) electrons. The molecular weight excluding hydrogens is 222 g/mol. The van der Waals surface area contributed by atoms with Gasteiger partial charge in [-0.1, -0.05) is 6.07 Å². The predicted molar refractivity (Wildman–Crippen MR) is 74.0 cm³/mol. The van der Waals surface area contributed by atoms with Gasteiger partial charge in [-0.3, -0.25) is 0 Å². The topological polar surface area (TPSA) is 20.5 Å². The second-order valence-corrected chi connectivity index (χ2v) is 5.71. The SMILES string of the molecule is Cc1ccc2nc(C3CCN(C(C)C)C3)cn2c1. The molecule has 1 unspecified atom stereocenters. The van der Waals surface area contributed by atoms with Gasteiger partial charge in [0, 0.05) is 30.9 Å². The zero-order valence-corrected chi connectivity index (χ0v) is 11.4. The van der Waals surface area contributed by atoms with E-state index in [1.807, 2.05) is 0 Å². The highest BCUT2D eigenvalue weighted by Crippen LogP contribution is 2.27. The van der Waals surface area contributed by atoms with Gasteiger partial charge in [-0.15, -0.1) is 0 Å². The number of hydrogen-bond acceptors (Lipinski definition) is 2. The van der Waals surface area contributed by atoms with E-state index in [4.69, 9.17) is 4.98 Å². The van der Waals surface area contributed by atoms with E-state index in [9.17, 15) is 0 Å². The molecule has 0 aliphatic carbocycles. The van der Waals surface area contributed by atoms with E-state index in [1.165, 1.54) is 24.2 Å². The van der Waals surface area contributed by atoms with Crippen molar-refractivity contribution in [3.8, 4) is 0 Å². The van der Waals surface area contributed by atoms with Crippen LogP contribution in [0.1, 0.15) is 37.4 Å². The summed E-state index contributed by atoms with van der Waals surface area (Å²) in [6.45, 7) is 9.02. The van der Waals surface area contributed by atoms with Crippen molar-refractivity contribution in [3.63, 3.8) is 0 Å². The minimum atomic E-state index is 0.604. The Morgan fingerprint density at radius 3 is 2.83 bits per heavy atom. The normalized spacial score (nSPS) is 21.2. The maximum absolute atomic E-state index is 4.77. The van der Waals surface area contributed by atoms with Gasteiger partial charge in [0.1, 0.15) is 5.65 Å². The van der Waals surface area contributed by atoms with E-state index in [2.05, 4.69) is 54.6 Å². The average molecular weight is 243 g/mol. The minimum absolute atomic E-state index is 0.604. The zero-order chi connectivity index (χ0) is 12.7. The van der Waals surface area contributed by atoms with E-state index in [0.29, 0.717) is 12.0 Å². The number of aromatic nitrogens is 2. The Morgan fingerprint density at radius 1 is 1.28 bits per heavy atom. The quantitative estimate of drug-likeness (QED) is 0.808. The van der Waals surface area contributed by atoms with Crippen LogP contribution in [0.4, 0.5) is 0 Å². The lowest BCUT2D eigenvalue weighted by Crippen LogP contribution is -2.27. The van der Waals surface area contributed by atoms with Gasteiger partial charge in [-0.25, -0.2) is 4.98 Å². The second-order valence-electron chi connectivity index (χ2n) is 5.71. The summed E-state index contributed by atoms with van der Waals surface area (Å²) >= 11 is 0. The summed E-state index contributed by atoms with van der Waals surface area (Å²) in [4.78, 5) is 7.31. The Hall–Kier alpha value is -1.35. The van der Waals surface area contributed by atoms with Crippen LogP contribution >= 0.6 is 0 Å². The number of aryl methyl sites for hydroxylation is 1. The first-order valence-electron chi connectivity index (χ1n) is 6.83. The molecule has 1 aliphatic heterocycles. The number of likely N-dealkylation sites (tertiary alicyclic amines) is 1. The molecule has 3 nitrogen and oxygen atoms in total.